The number of carbonyl (C=O) groups is 1. The van der Waals surface area contributed by atoms with E-state index in [1.54, 1.807) is 0 Å². The fraction of sp³-hybridized carbons (Fsp3) is 0.933. The van der Waals surface area contributed by atoms with Gasteiger partial charge in [0.15, 0.2) is 0 Å². The molecule has 0 bridgehead atoms. The zero-order chi connectivity index (χ0) is 14.4. The number of likely N-dealkylation sites (tertiary alicyclic amines) is 1. The smallest absolute Gasteiger partial charge is 0.240 e. The van der Waals surface area contributed by atoms with E-state index in [0.717, 1.165) is 19.4 Å². The molecule has 0 aromatic heterocycles. The lowest BCUT2D eigenvalue weighted by molar-refractivity contribution is -0.141. The lowest BCUT2D eigenvalue weighted by Gasteiger charge is -2.40. The first-order chi connectivity index (χ1) is 8.97. The Labute approximate surface area is 117 Å². The third-order valence-electron chi connectivity index (χ3n) is 3.67. The van der Waals surface area contributed by atoms with Gasteiger partial charge in [0.2, 0.25) is 5.91 Å². The highest BCUT2D eigenvalue weighted by atomic mass is 16.5. The number of piperidine rings is 1. The third-order valence-corrected chi connectivity index (χ3v) is 3.67. The molecule has 4 heteroatoms. The predicted molar refractivity (Wildman–Crippen MR) is 78.1 cm³/mol. The quantitative estimate of drug-likeness (QED) is 0.769. The molecule has 1 saturated heterocycles. The van der Waals surface area contributed by atoms with E-state index in [2.05, 4.69) is 33.0 Å². The lowest BCUT2D eigenvalue weighted by atomic mass is 9.97. The first-order valence-electron chi connectivity index (χ1n) is 7.61. The van der Waals surface area contributed by atoms with Gasteiger partial charge in [-0.1, -0.05) is 27.7 Å². The van der Waals surface area contributed by atoms with Crippen LogP contribution in [0.3, 0.4) is 0 Å². The first-order valence-corrected chi connectivity index (χ1v) is 7.61. The summed E-state index contributed by atoms with van der Waals surface area (Å²) in [7, 11) is 0. The Kier molecular flexibility index (Phi) is 6.80. The second kappa shape index (κ2) is 7.85. The van der Waals surface area contributed by atoms with Crippen molar-refractivity contribution in [3.63, 3.8) is 0 Å². The molecular weight excluding hydrogens is 240 g/mol. The Bertz CT molecular complexity index is 279. The Hall–Kier alpha value is -0.610. The van der Waals surface area contributed by atoms with Crippen LogP contribution < -0.4 is 5.32 Å². The molecule has 2 atom stereocenters. The van der Waals surface area contributed by atoms with Crippen molar-refractivity contribution in [3.05, 3.63) is 0 Å². The third kappa shape index (κ3) is 4.77. The van der Waals surface area contributed by atoms with E-state index < -0.39 is 0 Å². The highest BCUT2D eigenvalue weighted by Gasteiger charge is 2.34. The lowest BCUT2D eigenvalue weighted by Crippen LogP contribution is -2.57. The number of amides is 1. The number of nitrogens with zero attached hydrogens (tertiary/aromatic N) is 1. The van der Waals surface area contributed by atoms with Crippen molar-refractivity contribution in [1.29, 1.82) is 0 Å². The van der Waals surface area contributed by atoms with Crippen molar-refractivity contribution in [1.82, 2.24) is 10.2 Å². The maximum Gasteiger partial charge on any atom is 0.240 e. The van der Waals surface area contributed by atoms with Crippen molar-refractivity contribution >= 4 is 5.91 Å². The molecule has 4 nitrogen and oxygen atoms in total. The van der Waals surface area contributed by atoms with Crippen LogP contribution in [0.2, 0.25) is 0 Å². The second-order valence-electron chi connectivity index (χ2n) is 6.02. The summed E-state index contributed by atoms with van der Waals surface area (Å²) in [5.74, 6) is 0.673. The summed E-state index contributed by atoms with van der Waals surface area (Å²) >= 11 is 0. The average molecular weight is 270 g/mol. The van der Waals surface area contributed by atoms with Gasteiger partial charge in [0, 0.05) is 19.2 Å². The standard InChI is InChI=1S/C15H30N2O2/c1-6-19-10-14(11(2)3)17-9-7-8-13(15(17)18)16-12(4)5/h11-14,16H,6-10H2,1-5H3. The van der Waals surface area contributed by atoms with Gasteiger partial charge in [-0.25, -0.2) is 0 Å². The van der Waals surface area contributed by atoms with E-state index in [4.69, 9.17) is 4.74 Å². The van der Waals surface area contributed by atoms with Crippen LogP contribution in [0.25, 0.3) is 0 Å². The van der Waals surface area contributed by atoms with Gasteiger partial charge in [-0.3, -0.25) is 4.79 Å². The molecule has 0 aliphatic carbocycles. The molecule has 1 amide bonds. The molecule has 1 N–H and O–H groups in total. The van der Waals surface area contributed by atoms with Gasteiger partial charge in [0.05, 0.1) is 18.7 Å². The van der Waals surface area contributed by atoms with E-state index in [1.165, 1.54) is 0 Å². The average Bonchev–Trinajstić information content (AvgIpc) is 2.33. The fourth-order valence-electron chi connectivity index (χ4n) is 2.67. The maximum atomic E-state index is 12.6. The summed E-state index contributed by atoms with van der Waals surface area (Å²) in [6.45, 7) is 12.7. The van der Waals surface area contributed by atoms with Gasteiger partial charge in [0.25, 0.3) is 0 Å². The zero-order valence-corrected chi connectivity index (χ0v) is 13.1. The molecule has 2 unspecified atom stereocenters. The molecule has 0 aromatic rings. The second-order valence-corrected chi connectivity index (χ2v) is 6.02. The summed E-state index contributed by atoms with van der Waals surface area (Å²) in [5.41, 5.74) is 0. The van der Waals surface area contributed by atoms with Crippen molar-refractivity contribution in [2.24, 2.45) is 5.92 Å². The zero-order valence-electron chi connectivity index (χ0n) is 13.1. The van der Waals surface area contributed by atoms with Gasteiger partial charge < -0.3 is 15.0 Å². The van der Waals surface area contributed by atoms with E-state index in [9.17, 15) is 4.79 Å². The van der Waals surface area contributed by atoms with Crippen LogP contribution in [-0.4, -0.2) is 48.7 Å². The molecule has 1 aliphatic heterocycles. The minimum atomic E-state index is -0.0170. The molecule has 0 saturated carbocycles. The molecule has 1 rings (SSSR count). The van der Waals surface area contributed by atoms with E-state index in [-0.39, 0.29) is 18.0 Å². The topological polar surface area (TPSA) is 41.6 Å². The SMILES string of the molecule is CCOCC(C(C)C)N1CCCC(NC(C)C)C1=O. The molecule has 1 heterocycles. The van der Waals surface area contributed by atoms with Crippen LogP contribution in [0, 0.1) is 5.92 Å². The van der Waals surface area contributed by atoms with Gasteiger partial charge >= 0.3 is 0 Å². The van der Waals surface area contributed by atoms with Crippen molar-refractivity contribution in [3.8, 4) is 0 Å². The largest absolute Gasteiger partial charge is 0.380 e. The first kappa shape index (κ1) is 16.4. The number of carbonyl (C=O) groups excluding carboxylic acids is 1. The van der Waals surface area contributed by atoms with Gasteiger partial charge in [0.1, 0.15) is 0 Å². The Morgan fingerprint density at radius 1 is 1.37 bits per heavy atom. The van der Waals surface area contributed by atoms with E-state index in [0.29, 0.717) is 25.2 Å². The van der Waals surface area contributed by atoms with Gasteiger partial charge in [-0.05, 0) is 25.7 Å². The summed E-state index contributed by atoms with van der Waals surface area (Å²) < 4.78 is 5.56. The minimum Gasteiger partial charge on any atom is -0.380 e. The normalized spacial score (nSPS) is 22.4. The molecule has 112 valence electrons. The molecule has 1 aliphatic rings. The van der Waals surface area contributed by atoms with Crippen LogP contribution >= 0.6 is 0 Å². The summed E-state index contributed by atoms with van der Waals surface area (Å²) in [6.07, 6.45) is 2.03. The number of hydrogen-bond donors (Lipinski definition) is 1. The summed E-state index contributed by atoms with van der Waals surface area (Å²) in [5, 5.41) is 3.38. The molecule has 0 spiro atoms. The number of rotatable bonds is 7. The molecule has 19 heavy (non-hydrogen) atoms. The van der Waals surface area contributed by atoms with Crippen LogP contribution in [0.5, 0.6) is 0 Å². The molecular formula is C15H30N2O2. The fourth-order valence-corrected chi connectivity index (χ4v) is 2.67. The highest BCUT2D eigenvalue weighted by Crippen LogP contribution is 2.20. The highest BCUT2D eigenvalue weighted by molar-refractivity contribution is 5.83. The summed E-state index contributed by atoms with van der Waals surface area (Å²) in [4.78, 5) is 14.6. The van der Waals surface area contributed by atoms with Crippen LogP contribution in [0.4, 0.5) is 0 Å². The predicted octanol–water partition coefficient (Wildman–Crippen LogP) is 2.04. The van der Waals surface area contributed by atoms with E-state index in [1.807, 2.05) is 11.8 Å². The molecule has 0 radical (unpaired) electrons. The van der Waals surface area contributed by atoms with Crippen LogP contribution in [0.1, 0.15) is 47.5 Å². The monoisotopic (exact) mass is 270 g/mol. The summed E-state index contributed by atoms with van der Waals surface area (Å²) in [6, 6.07) is 0.527. The van der Waals surface area contributed by atoms with E-state index >= 15 is 0 Å². The Morgan fingerprint density at radius 3 is 2.58 bits per heavy atom. The number of nitrogens with one attached hydrogen (secondary N) is 1. The Balaban J connectivity index is 2.70. The van der Waals surface area contributed by atoms with Gasteiger partial charge in [-0.2, -0.15) is 0 Å². The van der Waals surface area contributed by atoms with Crippen LogP contribution in [0.15, 0.2) is 0 Å². The van der Waals surface area contributed by atoms with Crippen LogP contribution in [-0.2, 0) is 9.53 Å². The van der Waals surface area contributed by atoms with Crippen molar-refractivity contribution in [2.45, 2.75) is 65.6 Å². The number of ether oxygens (including phenoxy) is 1. The van der Waals surface area contributed by atoms with Gasteiger partial charge in [-0.15, -0.1) is 0 Å². The number of hydrogen-bond acceptors (Lipinski definition) is 3. The molecule has 1 fully saturated rings. The Morgan fingerprint density at radius 2 is 2.05 bits per heavy atom. The van der Waals surface area contributed by atoms with Crippen molar-refractivity contribution in [2.75, 3.05) is 19.8 Å². The van der Waals surface area contributed by atoms with Crippen molar-refractivity contribution < 1.29 is 9.53 Å². The molecule has 0 aromatic carbocycles. The maximum absolute atomic E-state index is 12.6. The minimum absolute atomic E-state index is 0.0170.